The summed E-state index contributed by atoms with van der Waals surface area (Å²) in [6, 6.07) is 16.6. The molecule has 0 aliphatic carbocycles. The van der Waals surface area contributed by atoms with Gasteiger partial charge < -0.3 is 18.9 Å². The summed E-state index contributed by atoms with van der Waals surface area (Å²) in [7, 11) is 3.49. The fourth-order valence-electron chi connectivity index (χ4n) is 4.22. The van der Waals surface area contributed by atoms with Crippen LogP contribution in [0.4, 0.5) is 0 Å². The Morgan fingerprint density at radius 2 is 0.974 bits per heavy atom. The maximum Gasteiger partial charge on any atom is 0.225 e. The van der Waals surface area contributed by atoms with Gasteiger partial charge in [-0.1, -0.05) is 46.9 Å². The van der Waals surface area contributed by atoms with Crippen molar-refractivity contribution in [3.05, 3.63) is 80.7 Å². The minimum absolute atomic E-state index is 0.634. The molecule has 0 saturated heterocycles. The smallest absolute Gasteiger partial charge is 0.225 e. The van der Waals surface area contributed by atoms with Crippen molar-refractivity contribution >= 4 is 22.7 Å². The predicted molar refractivity (Wildman–Crippen MR) is 153 cm³/mol. The van der Waals surface area contributed by atoms with Gasteiger partial charge >= 0.3 is 0 Å². The summed E-state index contributed by atoms with van der Waals surface area (Å²) >= 11 is 3.57. The van der Waals surface area contributed by atoms with E-state index in [1.54, 1.807) is 36.9 Å². The molecule has 0 N–H and O–H groups in total. The van der Waals surface area contributed by atoms with Gasteiger partial charge in [0.15, 0.2) is 24.5 Å². The van der Waals surface area contributed by atoms with Crippen molar-refractivity contribution in [1.82, 2.24) is 0 Å². The molecule has 0 spiro atoms. The van der Waals surface area contributed by atoms with Crippen LogP contribution in [0.2, 0.25) is 0 Å². The molecule has 0 aliphatic rings. The Morgan fingerprint density at radius 3 is 1.34 bits per heavy atom. The molecule has 0 fully saturated rings. The van der Waals surface area contributed by atoms with Crippen molar-refractivity contribution in [1.29, 1.82) is 0 Å². The van der Waals surface area contributed by atoms with E-state index in [1.165, 1.54) is 21.1 Å². The molecule has 0 atom stereocenters. The second-order valence-electron chi connectivity index (χ2n) is 9.08. The van der Waals surface area contributed by atoms with Crippen molar-refractivity contribution in [2.45, 2.75) is 39.8 Å². The minimum Gasteiger partial charge on any atom is -0.487 e. The zero-order valence-electron chi connectivity index (χ0n) is 22.8. The van der Waals surface area contributed by atoms with Crippen molar-refractivity contribution in [2.75, 3.05) is 40.6 Å². The first-order valence-corrected chi connectivity index (χ1v) is 14.7. The van der Waals surface area contributed by atoms with Crippen LogP contribution < -0.4 is 18.6 Å². The van der Waals surface area contributed by atoms with Gasteiger partial charge in [-0.05, 0) is 35.4 Å². The molecule has 202 valence electrons. The van der Waals surface area contributed by atoms with E-state index in [-0.39, 0.29) is 0 Å². The van der Waals surface area contributed by atoms with Gasteiger partial charge in [-0.25, -0.2) is 0 Å². The standard InChI is InChI=1S/C30H38N2O4S2/c1-23-29(13-17-33-3)37-21-31(23)15-19-35-27-9-5-25(6-10-27)26-7-11-28(12-8-26)36-20-16-32-22-38-30(24(32)2)14-18-34-4/h5-12,21-22H,13-20H2,1-4H3/q+2. The molecule has 2 aromatic heterocycles. The van der Waals surface area contributed by atoms with Crippen LogP contribution in [-0.4, -0.2) is 40.6 Å². The normalized spacial score (nSPS) is 11.2. The quantitative estimate of drug-likeness (QED) is 0.190. The Labute approximate surface area is 234 Å². The minimum atomic E-state index is 0.634. The molecule has 38 heavy (non-hydrogen) atoms. The molecule has 2 aromatic carbocycles. The second kappa shape index (κ2) is 14.4. The lowest BCUT2D eigenvalue weighted by atomic mass is 10.1. The first-order chi connectivity index (χ1) is 18.6. The number of hydrogen-bond donors (Lipinski definition) is 0. The Kier molecular flexibility index (Phi) is 10.7. The van der Waals surface area contributed by atoms with E-state index in [2.05, 4.69) is 58.3 Å². The Balaban J connectivity index is 1.22. The van der Waals surface area contributed by atoms with E-state index in [9.17, 15) is 0 Å². The number of aromatic nitrogens is 2. The topological polar surface area (TPSA) is 44.7 Å². The van der Waals surface area contributed by atoms with Crippen LogP contribution in [0.5, 0.6) is 11.5 Å². The lowest BCUT2D eigenvalue weighted by Gasteiger charge is -2.08. The zero-order chi connectivity index (χ0) is 26.7. The number of nitrogens with zero attached hydrogens (tertiary/aromatic N) is 2. The molecule has 0 unspecified atom stereocenters. The van der Waals surface area contributed by atoms with Crippen LogP contribution in [0.25, 0.3) is 11.1 Å². The van der Waals surface area contributed by atoms with Crippen LogP contribution in [0.15, 0.2) is 59.6 Å². The summed E-state index contributed by atoms with van der Waals surface area (Å²) in [5, 5.41) is 0. The highest BCUT2D eigenvalue weighted by Gasteiger charge is 2.16. The molecule has 8 heteroatoms. The third-order valence-electron chi connectivity index (χ3n) is 6.62. The van der Waals surface area contributed by atoms with E-state index in [0.29, 0.717) is 13.2 Å². The molecule has 0 radical (unpaired) electrons. The highest BCUT2D eigenvalue weighted by molar-refractivity contribution is 7.09. The van der Waals surface area contributed by atoms with E-state index < -0.39 is 0 Å². The largest absolute Gasteiger partial charge is 0.487 e. The molecule has 0 amide bonds. The van der Waals surface area contributed by atoms with Crippen molar-refractivity contribution in [2.24, 2.45) is 0 Å². The summed E-state index contributed by atoms with van der Waals surface area (Å²) in [6.45, 7) is 8.77. The Bertz CT molecular complexity index is 1170. The maximum absolute atomic E-state index is 6.01. The highest BCUT2D eigenvalue weighted by Crippen LogP contribution is 2.25. The van der Waals surface area contributed by atoms with E-state index in [0.717, 1.165) is 61.8 Å². The number of ether oxygens (including phenoxy) is 4. The van der Waals surface area contributed by atoms with Crippen LogP contribution in [-0.2, 0) is 35.4 Å². The Hall–Kier alpha value is -2.78. The number of benzene rings is 2. The van der Waals surface area contributed by atoms with Gasteiger partial charge in [0.1, 0.15) is 24.7 Å². The van der Waals surface area contributed by atoms with Crippen LogP contribution in [0.3, 0.4) is 0 Å². The SMILES string of the molecule is COCCc1sc[n+](CCOc2ccc(-c3ccc(OCC[n+]4csc(CCOC)c4C)cc3)cc2)c1C. The fraction of sp³-hybridized carbons (Fsp3) is 0.400. The van der Waals surface area contributed by atoms with Crippen molar-refractivity contribution in [3.63, 3.8) is 0 Å². The summed E-state index contributed by atoms with van der Waals surface area (Å²) in [4.78, 5) is 2.74. The first kappa shape index (κ1) is 28.2. The molecular weight excluding hydrogens is 516 g/mol. The molecule has 0 saturated carbocycles. The van der Waals surface area contributed by atoms with E-state index in [1.807, 2.05) is 24.3 Å². The van der Waals surface area contributed by atoms with Crippen molar-refractivity contribution < 1.29 is 28.1 Å². The average molecular weight is 555 g/mol. The molecular formula is C30H38N2O4S2+2. The monoisotopic (exact) mass is 554 g/mol. The van der Waals surface area contributed by atoms with Gasteiger partial charge in [0.05, 0.1) is 23.0 Å². The third-order valence-corrected chi connectivity index (χ3v) is 8.91. The summed E-state index contributed by atoms with van der Waals surface area (Å²) in [5.74, 6) is 1.77. The van der Waals surface area contributed by atoms with Crippen LogP contribution in [0.1, 0.15) is 21.1 Å². The maximum atomic E-state index is 6.01. The number of hydrogen-bond acceptors (Lipinski definition) is 6. The van der Waals surface area contributed by atoms with Crippen LogP contribution >= 0.6 is 22.7 Å². The summed E-state index contributed by atoms with van der Waals surface area (Å²) in [6.07, 6.45) is 1.92. The molecule has 0 bridgehead atoms. The van der Waals surface area contributed by atoms with Crippen LogP contribution in [0, 0.1) is 13.8 Å². The lowest BCUT2D eigenvalue weighted by Crippen LogP contribution is -2.37. The van der Waals surface area contributed by atoms with E-state index >= 15 is 0 Å². The van der Waals surface area contributed by atoms with Gasteiger partial charge in [-0.3, -0.25) is 0 Å². The average Bonchev–Trinajstić information content (AvgIpc) is 3.48. The predicted octanol–water partition coefficient (Wildman–Crippen LogP) is 5.20. The summed E-state index contributed by atoms with van der Waals surface area (Å²) < 4.78 is 26.9. The lowest BCUT2D eigenvalue weighted by molar-refractivity contribution is -0.699. The second-order valence-corrected chi connectivity index (χ2v) is 11.0. The molecule has 6 nitrogen and oxygen atoms in total. The molecule has 2 heterocycles. The molecule has 0 aliphatic heterocycles. The van der Waals surface area contributed by atoms with Gasteiger partial charge in [0, 0.05) is 40.9 Å². The molecule has 4 rings (SSSR count). The van der Waals surface area contributed by atoms with Crippen molar-refractivity contribution in [3.8, 4) is 22.6 Å². The molecule has 4 aromatic rings. The van der Waals surface area contributed by atoms with Gasteiger partial charge in [0.25, 0.3) is 0 Å². The number of thiazole rings is 2. The van der Waals surface area contributed by atoms with Gasteiger partial charge in [0.2, 0.25) is 11.0 Å². The first-order valence-electron chi connectivity index (χ1n) is 13.0. The fourth-order valence-corrected chi connectivity index (χ4v) is 6.24. The summed E-state index contributed by atoms with van der Waals surface area (Å²) in [5.41, 5.74) is 9.24. The highest BCUT2D eigenvalue weighted by atomic mass is 32.1. The number of rotatable bonds is 15. The number of methoxy groups -OCH3 is 2. The zero-order valence-corrected chi connectivity index (χ0v) is 24.4. The van der Waals surface area contributed by atoms with Gasteiger partial charge in [-0.2, -0.15) is 9.13 Å². The van der Waals surface area contributed by atoms with Gasteiger partial charge in [-0.15, -0.1) is 0 Å². The van der Waals surface area contributed by atoms with E-state index in [4.69, 9.17) is 18.9 Å². The third kappa shape index (κ3) is 7.63. The Morgan fingerprint density at radius 1 is 0.579 bits per heavy atom.